The van der Waals surface area contributed by atoms with E-state index in [1.807, 2.05) is 0 Å². The molecular weight excluding hydrogens is 230 g/mol. The van der Waals surface area contributed by atoms with Crippen LogP contribution in [0.1, 0.15) is 17.4 Å². The Morgan fingerprint density at radius 2 is 1.88 bits per heavy atom. The van der Waals surface area contributed by atoms with Gasteiger partial charge in [0.15, 0.2) is 0 Å². The highest BCUT2D eigenvalue weighted by Gasteiger charge is 2.01. The molecule has 0 aliphatic rings. The molecule has 0 atom stereocenters. The summed E-state index contributed by atoms with van der Waals surface area (Å²) in [5.41, 5.74) is 2.35. The molecule has 2 aromatic rings. The van der Waals surface area contributed by atoms with Crippen molar-refractivity contribution in [2.45, 2.75) is 20.4 Å². The van der Waals surface area contributed by atoms with Crippen LogP contribution in [0.2, 0.25) is 0 Å². The van der Waals surface area contributed by atoms with Gasteiger partial charge in [-0.25, -0.2) is 0 Å². The Morgan fingerprint density at radius 1 is 1.18 bits per heavy atom. The molecule has 2 rings (SSSR count). The van der Waals surface area contributed by atoms with E-state index in [0.29, 0.717) is 6.54 Å². The van der Waals surface area contributed by atoms with E-state index in [4.69, 9.17) is 0 Å². The van der Waals surface area contributed by atoms with E-state index in [0.717, 1.165) is 5.56 Å². The van der Waals surface area contributed by atoms with Crippen LogP contribution in [-0.4, -0.2) is 5.91 Å². The number of nitrogens with one attached hydrogen (secondary N) is 1. The van der Waals surface area contributed by atoms with Gasteiger partial charge in [0.2, 0.25) is 5.91 Å². The first kappa shape index (κ1) is 11.9. The van der Waals surface area contributed by atoms with Gasteiger partial charge in [0.1, 0.15) is 0 Å². The summed E-state index contributed by atoms with van der Waals surface area (Å²) in [6.07, 6.45) is 0. The summed E-state index contributed by atoms with van der Waals surface area (Å²) in [5, 5.41) is 2.79. The Balaban J connectivity index is 2.10. The first-order valence-corrected chi connectivity index (χ1v) is 6.37. The second-order valence-corrected chi connectivity index (χ2v) is 5.30. The molecule has 0 fully saturated rings. The molecule has 0 radical (unpaired) electrons. The first-order valence-electron chi connectivity index (χ1n) is 5.55. The molecule has 0 unspecified atom stereocenters. The molecule has 1 N–H and O–H groups in total. The van der Waals surface area contributed by atoms with Crippen molar-refractivity contribution in [2.75, 3.05) is 0 Å². The van der Waals surface area contributed by atoms with Crippen molar-refractivity contribution < 1.29 is 4.79 Å². The van der Waals surface area contributed by atoms with Crippen LogP contribution in [0, 0.1) is 6.92 Å². The Hall–Kier alpha value is -1.61. The fraction of sp³-hybridized carbons (Fsp3) is 0.214. The first-order chi connectivity index (χ1) is 8.15. The summed E-state index contributed by atoms with van der Waals surface area (Å²) in [5.74, 6) is 0.00274. The molecule has 1 amide bonds. The molecule has 1 heterocycles. The van der Waals surface area contributed by atoms with Crippen LogP contribution in [0.4, 0.5) is 0 Å². The van der Waals surface area contributed by atoms with E-state index in [-0.39, 0.29) is 5.91 Å². The zero-order chi connectivity index (χ0) is 12.3. The molecule has 0 aliphatic heterocycles. The normalized spacial score (nSPS) is 10.2. The van der Waals surface area contributed by atoms with Crippen molar-refractivity contribution in [2.24, 2.45) is 0 Å². The van der Waals surface area contributed by atoms with E-state index >= 15 is 0 Å². The maximum Gasteiger partial charge on any atom is 0.217 e. The summed E-state index contributed by atoms with van der Waals surface area (Å²) in [4.78, 5) is 13.4. The standard InChI is InChI=1S/C14H15NOS/c1-10-3-8-14(17-10)13-6-4-12(5-7-13)9-15-11(2)16/h3-8H,9H2,1-2H3,(H,15,16). The summed E-state index contributed by atoms with van der Waals surface area (Å²) in [7, 11) is 0. The van der Waals surface area contributed by atoms with Gasteiger partial charge in [0.25, 0.3) is 0 Å². The largest absolute Gasteiger partial charge is 0.352 e. The topological polar surface area (TPSA) is 29.1 Å². The van der Waals surface area contributed by atoms with E-state index in [2.05, 4.69) is 48.6 Å². The monoisotopic (exact) mass is 245 g/mol. The second kappa shape index (κ2) is 5.15. The molecule has 0 spiro atoms. The molecule has 0 aliphatic carbocycles. The summed E-state index contributed by atoms with van der Waals surface area (Å²) >= 11 is 1.80. The molecule has 0 saturated carbocycles. The molecule has 1 aromatic heterocycles. The van der Waals surface area contributed by atoms with Crippen molar-refractivity contribution in [3.63, 3.8) is 0 Å². The average molecular weight is 245 g/mol. The lowest BCUT2D eigenvalue weighted by Gasteiger charge is -2.03. The second-order valence-electron chi connectivity index (χ2n) is 4.02. The molecule has 0 saturated heterocycles. The van der Waals surface area contributed by atoms with Crippen LogP contribution < -0.4 is 5.32 Å². The van der Waals surface area contributed by atoms with Crippen molar-refractivity contribution >= 4 is 17.2 Å². The minimum absolute atomic E-state index is 0.00274. The lowest BCUT2D eigenvalue weighted by molar-refractivity contribution is -0.119. The number of aryl methyl sites for hydroxylation is 1. The zero-order valence-electron chi connectivity index (χ0n) is 9.99. The van der Waals surface area contributed by atoms with Gasteiger partial charge in [-0.2, -0.15) is 0 Å². The van der Waals surface area contributed by atoms with Crippen molar-refractivity contribution in [3.05, 3.63) is 46.8 Å². The third-order valence-corrected chi connectivity index (χ3v) is 3.57. The maximum atomic E-state index is 10.8. The molecular formula is C14H15NOS. The van der Waals surface area contributed by atoms with Crippen LogP contribution in [0.15, 0.2) is 36.4 Å². The highest BCUT2D eigenvalue weighted by atomic mass is 32.1. The van der Waals surface area contributed by atoms with Crippen LogP contribution in [0.25, 0.3) is 10.4 Å². The minimum Gasteiger partial charge on any atom is -0.352 e. The summed E-state index contributed by atoms with van der Waals surface area (Å²) in [6.45, 7) is 4.24. The smallest absolute Gasteiger partial charge is 0.217 e. The Morgan fingerprint density at radius 3 is 2.41 bits per heavy atom. The SMILES string of the molecule is CC(=O)NCc1ccc(-c2ccc(C)s2)cc1. The number of carbonyl (C=O) groups excluding carboxylic acids is 1. The van der Waals surface area contributed by atoms with Gasteiger partial charge in [-0.15, -0.1) is 11.3 Å². The third kappa shape index (κ3) is 3.17. The zero-order valence-corrected chi connectivity index (χ0v) is 10.8. The van der Waals surface area contributed by atoms with Crippen LogP contribution in [-0.2, 0) is 11.3 Å². The van der Waals surface area contributed by atoms with Crippen LogP contribution >= 0.6 is 11.3 Å². The van der Waals surface area contributed by atoms with Gasteiger partial charge in [-0.3, -0.25) is 4.79 Å². The highest BCUT2D eigenvalue weighted by molar-refractivity contribution is 7.15. The lowest BCUT2D eigenvalue weighted by atomic mass is 10.1. The Kier molecular flexibility index (Phi) is 3.59. The van der Waals surface area contributed by atoms with Crippen LogP contribution in [0.3, 0.4) is 0 Å². The predicted octanol–water partition coefficient (Wildman–Crippen LogP) is 3.36. The molecule has 1 aromatic carbocycles. The van der Waals surface area contributed by atoms with Crippen molar-refractivity contribution in [1.82, 2.24) is 5.32 Å². The van der Waals surface area contributed by atoms with E-state index in [1.165, 1.54) is 22.2 Å². The van der Waals surface area contributed by atoms with Crippen LogP contribution in [0.5, 0.6) is 0 Å². The number of carbonyl (C=O) groups is 1. The number of hydrogen-bond donors (Lipinski definition) is 1. The molecule has 2 nitrogen and oxygen atoms in total. The molecule has 3 heteroatoms. The third-order valence-electron chi connectivity index (χ3n) is 2.52. The van der Waals surface area contributed by atoms with Gasteiger partial charge in [-0.1, -0.05) is 24.3 Å². The van der Waals surface area contributed by atoms with Crippen molar-refractivity contribution in [3.8, 4) is 10.4 Å². The summed E-state index contributed by atoms with van der Waals surface area (Å²) in [6, 6.07) is 12.6. The number of amides is 1. The Labute approximate surface area is 105 Å². The fourth-order valence-corrected chi connectivity index (χ4v) is 2.48. The predicted molar refractivity (Wildman–Crippen MR) is 72.0 cm³/mol. The number of benzene rings is 1. The number of hydrogen-bond acceptors (Lipinski definition) is 2. The van der Waals surface area contributed by atoms with Gasteiger partial charge in [0.05, 0.1) is 0 Å². The van der Waals surface area contributed by atoms with E-state index < -0.39 is 0 Å². The summed E-state index contributed by atoms with van der Waals surface area (Å²) < 4.78 is 0. The van der Waals surface area contributed by atoms with Gasteiger partial charge in [0, 0.05) is 23.2 Å². The lowest BCUT2D eigenvalue weighted by Crippen LogP contribution is -2.18. The molecule has 0 bridgehead atoms. The maximum absolute atomic E-state index is 10.8. The Bertz CT molecular complexity index is 513. The number of thiophene rings is 1. The van der Waals surface area contributed by atoms with Crippen molar-refractivity contribution in [1.29, 1.82) is 0 Å². The van der Waals surface area contributed by atoms with E-state index in [1.54, 1.807) is 11.3 Å². The van der Waals surface area contributed by atoms with Gasteiger partial charge >= 0.3 is 0 Å². The quantitative estimate of drug-likeness (QED) is 0.882. The number of rotatable bonds is 3. The molecule has 17 heavy (non-hydrogen) atoms. The highest BCUT2D eigenvalue weighted by Crippen LogP contribution is 2.27. The average Bonchev–Trinajstić information content (AvgIpc) is 2.74. The molecule has 88 valence electrons. The van der Waals surface area contributed by atoms with Gasteiger partial charge in [-0.05, 0) is 30.2 Å². The van der Waals surface area contributed by atoms with Gasteiger partial charge < -0.3 is 5.32 Å². The fourth-order valence-electron chi connectivity index (χ4n) is 1.60. The van der Waals surface area contributed by atoms with E-state index in [9.17, 15) is 4.79 Å². The minimum atomic E-state index is 0.00274.